The van der Waals surface area contributed by atoms with Gasteiger partial charge in [-0.05, 0) is 35.7 Å². The number of nitrogens with zero attached hydrogens (tertiary/aromatic N) is 1. The van der Waals surface area contributed by atoms with E-state index in [-0.39, 0.29) is 0 Å². The average molecular weight is 265 g/mol. The second-order valence-corrected chi connectivity index (χ2v) is 4.83. The Hall–Kier alpha value is -2.47. The van der Waals surface area contributed by atoms with Crippen LogP contribution < -0.4 is 11.1 Å². The summed E-state index contributed by atoms with van der Waals surface area (Å²) in [6.07, 6.45) is 2.29. The van der Waals surface area contributed by atoms with Crippen molar-refractivity contribution in [3.05, 3.63) is 59.2 Å². The number of anilines is 2. The summed E-state index contributed by atoms with van der Waals surface area (Å²) in [4.78, 5) is 0. The highest BCUT2D eigenvalue weighted by atomic mass is 14.9. The van der Waals surface area contributed by atoms with E-state index in [0.717, 1.165) is 18.7 Å². The predicted molar refractivity (Wildman–Crippen MR) is 83.3 cm³/mol. The maximum absolute atomic E-state index is 8.80. The lowest BCUT2D eigenvalue weighted by Crippen LogP contribution is -2.02. The number of aryl methyl sites for hydroxylation is 1. The van der Waals surface area contributed by atoms with Crippen molar-refractivity contribution >= 4 is 11.4 Å². The Morgan fingerprint density at radius 2 is 1.80 bits per heavy atom. The normalized spacial score (nSPS) is 10.0. The standard InChI is InChI=1S/C17H19N3/c1-2-3-13-4-6-14(7-5-13)12-20-17-9-8-15(11-18)10-16(17)19/h4-10,20H,2-3,12,19H2,1H3. The van der Waals surface area contributed by atoms with Crippen molar-refractivity contribution < 1.29 is 0 Å². The van der Waals surface area contributed by atoms with Crippen molar-refractivity contribution in [3.63, 3.8) is 0 Å². The number of nitrogens with two attached hydrogens (primary N) is 1. The molecule has 3 N–H and O–H groups in total. The minimum absolute atomic E-state index is 0.581. The summed E-state index contributed by atoms with van der Waals surface area (Å²) < 4.78 is 0. The van der Waals surface area contributed by atoms with Crippen molar-refractivity contribution in [3.8, 4) is 6.07 Å². The van der Waals surface area contributed by atoms with Crippen LogP contribution in [0.4, 0.5) is 11.4 Å². The molecule has 20 heavy (non-hydrogen) atoms. The van der Waals surface area contributed by atoms with Crippen LogP contribution in [0.25, 0.3) is 0 Å². The van der Waals surface area contributed by atoms with E-state index in [2.05, 4.69) is 42.6 Å². The summed E-state index contributed by atoms with van der Waals surface area (Å²) in [6, 6.07) is 16.0. The molecule has 0 unspecified atom stereocenters. The summed E-state index contributed by atoms with van der Waals surface area (Å²) in [5.41, 5.74) is 10.5. The lowest BCUT2D eigenvalue weighted by Gasteiger charge is -2.10. The van der Waals surface area contributed by atoms with Crippen molar-refractivity contribution in [1.29, 1.82) is 5.26 Å². The molecule has 0 atom stereocenters. The van der Waals surface area contributed by atoms with Gasteiger partial charge in [-0.3, -0.25) is 0 Å². The van der Waals surface area contributed by atoms with Gasteiger partial charge in [0.15, 0.2) is 0 Å². The summed E-state index contributed by atoms with van der Waals surface area (Å²) in [5.74, 6) is 0. The molecule has 0 heterocycles. The maximum Gasteiger partial charge on any atom is 0.0992 e. The second-order valence-electron chi connectivity index (χ2n) is 4.83. The number of nitriles is 1. The van der Waals surface area contributed by atoms with Gasteiger partial charge in [-0.1, -0.05) is 37.6 Å². The van der Waals surface area contributed by atoms with E-state index in [4.69, 9.17) is 11.0 Å². The van der Waals surface area contributed by atoms with Crippen molar-refractivity contribution in [2.45, 2.75) is 26.3 Å². The van der Waals surface area contributed by atoms with E-state index in [1.54, 1.807) is 12.1 Å². The second kappa shape index (κ2) is 6.63. The molecule has 0 aliphatic rings. The third-order valence-electron chi connectivity index (χ3n) is 3.23. The van der Waals surface area contributed by atoms with E-state index in [1.165, 1.54) is 17.5 Å². The number of nitrogen functional groups attached to an aromatic ring is 1. The van der Waals surface area contributed by atoms with Crippen LogP contribution in [0, 0.1) is 11.3 Å². The number of rotatable bonds is 5. The molecule has 2 rings (SSSR count). The van der Waals surface area contributed by atoms with Crippen LogP contribution in [0.2, 0.25) is 0 Å². The van der Waals surface area contributed by atoms with Gasteiger partial charge in [0.2, 0.25) is 0 Å². The fourth-order valence-electron chi connectivity index (χ4n) is 2.10. The largest absolute Gasteiger partial charge is 0.397 e. The van der Waals surface area contributed by atoms with Gasteiger partial charge in [-0.2, -0.15) is 5.26 Å². The van der Waals surface area contributed by atoms with Crippen molar-refractivity contribution in [2.75, 3.05) is 11.1 Å². The van der Waals surface area contributed by atoms with E-state index >= 15 is 0 Å². The number of hydrogen-bond acceptors (Lipinski definition) is 3. The Morgan fingerprint density at radius 1 is 1.10 bits per heavy atom. The minimum Gasteiger partial charge on any atom is -0.397 e. The van der Waals surface area contributed by atoms with E-state index in [0.29, 0.717) is 11.3 Å². The predicted octanol–water partition coefficient (Wildman–Crippen LogP) is 3.71. The molecule has 2 aromatic carbocycles. The molecule has 0 amide bonds. The van der Waals surface area contributed by atoms with Crippen LogP contribution in [0.1, 0.15) is 30.0 Å². The molecule has 0 saturated carbocycles. The molecule has 3 heteroatoms. The van der Waals surface area contributed by atoms with Gasteiger partial charge in [-0.25, -0.2) is 0 Å². The van der Waals surface area contributed by atoms with E-state index in [9.17, 15) is 0 Å². The molecule has 0 aliphatic carbocycles. The van der Waals surface area contributed by atoms with Crippen LogP contribution in [0.3, 0.4) is 0 Å². The smallest absolute Gasteiger partial charge is 0.0992 e. The first-order valence-corrected chi connectivity index (χ1v) is 6.84. The van der Waals surface area contributed by atoms with Crippen LogP contribution in [0.15, 0.2) is 42.5 Å². The molecular weight excluding hydrogens is 246 g/mol. The minimum atomic E-state index is 0.581. The molecule has 0 aromatic heterocycles. The summed E-state index contributed by atoms with van der Waals surface area (Å²) in [5, 5.41) is 12.1. The Bertz CT molecular complexity index is 609. The van der Waals surface area contributed by atoms with Crippen LogP contribution >= 0.6 is 0 Å². The third-order valence-corrected chi connectivity index (χ3v) is 3.23. The van der Waals surface area contributed by atoms with E-state index in [1.807, 2.05) is 6.07 Å². The molecule has 0 spiro atoms. The van der Waals surface area contributed by atoms with Gasteiger partial charge in [0.05, 0.1) is 23.0 Å². The van der Waals surface area contributed by atoms with Gasteiger partial charge in [0.25, 0.3) is 0 Å². The molecule has 0 saturated heterocycles. The monoisotopic (exact) mass is 265 g/mol. The first-order chi connectivity index (χ1) is 9.72. The van der Waals surface area contributed by atoms with Crippen LogP contribution in [0.5, 0.6) is 0 Å². The van der Waals surface area contributed by atoms with Gasteiger partial charge < -0.3 is 11.1 Å². The quantitative estimate of drug-likeness (QED) is 0.810. The summed E-state index contributed by atoms with van der Waals surface area (Å²) in [7, 11) is 0. The lowest BCUT2D eigenvalue weighted by molar-refractivity contribution is 0.920. The van der Waals surface area contributed by atoms with Crippen LogP contribution in [-0.4, -0.2) is 0 Å². The van der Waals surface area contributed by atoms with Gasteiger partial charge >= 0.3 is 0 Å². The number of hydrogen-bond donors (Lipinski definition) is 2. The Kier molecular flexibility index (Phi) is 4.62. The number of nitrogens with one attached hydrogen (secondary N) is 1. The van der Waals surface area contributed by atoms with Gasteiger partial charge in [0, 0.05) is 6.54 Å². The summed E-state index contributed by atoms with van der Waals surface area (Å²) in [6.45, 7) is 2.91. The Balaban J connectivity index is 2.00. The van der Waals surface area contributed by atoms with Crippen LogP contribution in [-0.2, 0) is 13.0 Å². The molecule has 102 valence electrons. The fraction of sp³-hybridized carbons (Fsp3) is 0.235. The van der Waals surface area contributed by atoms with Gasteiger partial charge in [0.1, 0.15) is 0 Å². The molecule has 2 aromatic rings. The number of benzene rings is 2. The molecule has 0 fully saturated rings. The molecule has 3 nitrogen and oxygen atoms in total. The highest BCUT2D eigenvalue weighted by Crippen LogP contribution is 2.20. The zero-order valence-electron chi connectivity index (χ0n) is 11.7. The molecule has 0 bridgehead atoms. The van der Waals surface area contributed by atoms with Crippen molar-refractivity contribution in [1.82, 2.24) is 0 Å². The van der Waals surface area contributed by atoms with Gasteiger partial charge in [-0.15, -0.1) is 0 Å². The third kappa shape index (κ3) is 3.52. The molecular formula is C17H19N3. The SMILES string of the molecule is CCCc1ccc(CNc2ccc(C#N)cc2N)cc1. The zero-order chi connectivity index (χ0) is 14.4. The van der Waals surface area contributed by atoms with E-state index < -0.39 is 0 Å². The first-order valence-electron chi connectivity index (χ1n) is 6.84. The Morgan fingerprint density at radius 3 is 2.40 bits per heavy atom. The lowest BCUT2D eigenvalue weighted by atomic mass is 10.1. The topological polar surface area (TPSA) is 61.8 Å². The zero-order valence-corrected chi connectivity index (χ0v) is 11.7. The summed E-state index contributed by atoms with van der Waals surface area (Å²) >= 11 is 0. The van der Waals surface area contributed by atoms with Crippen molar-refractivity contribution in [2.24, 2.45) is 0 Å². The highest BCUT2D eigenvalue weighted by molar-refractivity contribution is 5.68. The fourth-order valence-corrected chi connectivity index (χ4v) is 2.10. The molecule has 0 aliphatic heterocycles. The molecule has 0 radical (unpaired) electrons. The first kappa shape index (κ1) is 14.0. The average Bonchev–Trinajstić information content (AvgIpc) is 2.48. The Labute approximate surface area is 120 Å². The highest BCUT2D eigenvalue weighted by Gasteiger charge is 2.01. The maximum atomic E-state index is 8.80.